The monoisotopic (exact) mass is 439 g/mol. The van der Waals surface area contributed by atoms with E-state index >= 15 is 0 Å². The van der Waals surface area contributed by atoms with Gasteiger partial charge in [0.15, 0.2) is 0 Å². The Hall–Kier alpha value is -3.23. The molecule has 0 saturated heterocycles. The van der Waals surface area contributed by atoms with Crippen LogP contribution in [-0.2, 0) is 6.42 Å². The summed E-state index contributed by atoms with van der Waals surface area (Å²) in [4.78, 5) is 33.1. The molecule has 3 aromatic heterocycles. The van der Waals surface area contributed by atoms with Gasteiger partial charge < -0.3 is 5.32 Å². The van der Waals surface area contributed by atoms with Gasteiger partial charge in [0.2, 0.25) is 5.95 Å². The van der Waals surface area contributed by atoms with E-state index in [1.165, 1.54) is 22.1 Å². The number of rotatable bonds is 6. The first-order valence-corrected chi connectivity index (χ1v) is 10.6. The maximum Gasteiger partial charge on any atom is 0.258 e. The molecular formula is C21H18ClN5O2S. The molecule has 1 aromatic carbocycles. The molecule has 1 amide bonds. The molecule has 152 valence electrons. The van der Waals surface area contributed by atoms with Gasteiger partial charge in [0.05, 0.1) is 15.5 Å². The minimum atomic E-state index is -0.383. The van der Waals surface area contributed by atoms with E-state index < -0.39 is 0 Å². The summed E-state index contributed by atoms with van der Waals surface area (Å²) in [6.07, 6.45) is 1.52. The molecule has 0 fully saturated rings. The average Bonchev–Trinajstić information content (AvgIpc) is 3.38. The number of carbonyl (C=O) groups excluding carboxylic acids is 1. The third-order valence-electron chi connectivity index (χ3n) is 4.33. The van der Waals surface area contributed by atoms with Gasteiger partial charge in [-0.15, -0.1) is 11.3 Å². The van der Waals surface area contributed by atoms with Crippen molar-refractivity contribution in [3.05, 3.63) is 80.5 Å². The number of aromatic nitrogens is 4. The van der Waals surface area contributed by atoms with Gasteiger partial charge in [0.1, 0.15) is 11.5 Å². The van der Waals surface area contributed by atoms with E-state index in [2.05, 4.69) is 20.4 Å². The Balaban J connectivity index is 1.79. The summed E-state index contributed by atoms with van der Waals surface area (Å²) in [6.45, 7) is 2.01. The van der Waals surface area contributed by atoms with Crippen molar-refractivity contribution in [2.24, 2.45) is 0 Å². The van der Waals surface area contributed by atoms with Crippen LogP contribution in [-0.4, -0.2) is 25.7 Å². The highest BCUT2D eigenvalue weighted by atomic mass is 35.5. The molecule has 0 saturated carbocycles. The van der Waals surface area contributed by atoms with Crippen molar-refractivity contribution in [2.75, 3.05) is 5.32 Å². The van der Waals surface area contributed by atoms with Crippen molar-refractivity contribution in [1.29, 1.82) is 0 Å². The van der Waals surface area contributed by atoms with Gasteiger partial charge in [0, 0.05) is 17.8 Å². The lowest BCUT2D eigenvalue weighted by atomic mass is 10.2. The number of H-pyrrole nitrogens is 1. The van der Waals surface area contributed by atoms with Crippen LogP contribution in [0, 0.1) is 0 Å². The molecular weight excluding hydrogens is 422 g/mol. The number of amides is 1. The van der Waals surface area contributed by atoms with Gasteiger partial charge in [-0.3, -0.25) is 14.6 Å². The minimum absolute atomic E-state index is 0.239. The summed E-state index contributed by atoms with van der Waals surface area (Å²) in [5.74, 6) is 0.231. The number of aromatic amines is 1. The molecule has 4 aromatic rings. The largest absolute Gasteiger partial charge is 0.306 e. The van der Waals surface area contributed by atoms with Crippen LogP contribution in [0.3, 0.4) is 0 Å². The standard InChI is InChI=1S/C21H18ClN5O2S/c1-2-6-13-11-19(28)25-21(23-13)27-18(12-16(26-27)17-9-5-10-30-17)24-20(29)14-7-3-4-8-15(14)22/h3-5,7-12H,2,6H2,1H3,(H,24,29)(H,23,25,28). The normalized spacial score (nSPS) is 10.9. The Labute approximate surface area is 181 Å². The molecule has 3 heterocycles. The van der Waals surface area contributed by atoms with Crippen molar-refractivity contribution in [3.63, 3.8) is 0 Å². The van der Waals surface area contributed by atoms with Gasteiger partial charge in [-0.2, -0.15) is 9.78 Å². The van der Waals surface area contributed by atoms with E-state index in [-0.39, 0.29) is 17.4 Å². The fourth-order valence-electron chi connectivity index (χ4n) is 2.98. The van der Waals surface area contributed by atoms with E-state index in [1.54, 1.807) is 30.3 Å². The lowest BCUT2D eigenvalue weighted by Gasteiger charge is -2.09. The minimum Gasteiger partial charge on any atom is -0.306 e. The zero-order valence-corrected chi connectivity index (χ0v) is 17.6. The molecule has 4 rings (SSSR count). The van der Waals surface area contributed by atoms with Crippen molar-refractivity contribution >= 4 is 34.7 Å². The zero-order chi connectivity index (χ0) is 21.1. The number of nitrogens with zero attached hydrogens (tertiary/aromatic N) is 3. The fourth-order valence-corrected chi connectivity index (χ4v) is 3.89. The fraction of sp³-hybridized carbons (Fsp3) is 0.143. The van der Waals surface area contributed by atoms with Gasteiger partial charge in [-0.1, -0.05) is 43.1 Å². The van der Waals surface area contributed by atoms with Crippen LogP contribution < -0.4 is 10.9 Å². The van der Waals surface area contributed by atoms with Crippen LogP contribution in [0.2, 0.25) is 5.02 Å². The number of thiophene rings is 1. The lowest BCUT2D eigenvalue weighted by molar-refractivity contribution is 0.102. The Morgan fingerprint density at radius 2 is 2.07 bits per heavy atom. The number of aryl methyl sites for hydroxylation is 1. The second kappa shape index (κ2) is 8.64. The van der Waals surface area contributed by atoms with Crippen LogP contribution in [0.25, 0.3) is 16.5 Å². The quantitative estimate of drug-likeness (QED) is 0.461. The molecule has 0 atom stereocenters. The van der Waals surface area contributed by atoms with Crippen molar-refractivity contribution in [2.45, 2.75) is 19.8 Å². The molecule has 0 spiro atoms. The maximum absolute atomic E-state index is 12.8. The predicted molar refractivity (Wildman–Crippen MR) is 119 cm³/mol. The van der Waals surface area contributed by atoms with Crippen molar-refractivity contribution < 1.29 is 4.79 Å². The van der Waals surface area contributed by atoms with E-state index in [0.717, 1.165) is 11.3 Å². The van der Waals surface area contributed by atoms with E-state index in [4.69, 9.17) is 11.6 Å². The third-order valence-corrected chi connectivity index (χ3v) is 5.55. The summed E-state index contributed by atoms with van der Waals surface area (Å²) in [5.41, 5.74) is 1.38. The van der Waals surface area contributed by atoms with Crippen molar-refractivity contribution in [3.8, 4) is 16.5 Å². The van der Waals surface area contributed by atoms with Crippen LogP contribution in [0.15, 0.2) is 58.7 Å². The van der Waals surface area contributed by atoms with Crippen LogP contribution in [0.5, 0.6) is 0 Å². The Morgan fingerprint density at radius 3 is 2.80 bits per heavy atom. The molecule has 0 aliphatic rings. The predicted octanol–water partition coefficient (Wildman–Crippen LogP) is 4.54. The molecule has 7 nitrogen and oxygen atoms in total. The van der Waals surface area contributed by atoms with E-state index in [1.807, 2.05) is 24.4 Å². The highest BCUT2D eigenvalue weighted by molar-refractivity contribution is 7.13. The SMILES string of the molecule is CCCc1cc(=O)[nH]c(-n2nc(-c3cccs3)cc2NC(=O)c2ccccc2Cl)n1. The Bertz CT molecular complexity index is 1250. The Morgan fingerprint density at radius 1 is 1.23 bits per heavy atom. The number of halogens is 1. The van der Waals surface area contributed by atoms with Crippen LogP contribution in [0.4, 0.5) is 5.82 Å². The highest BCUT2D eigenvalue weighted by Gasteiger charge is 2.18. The highest BCUT2D eigenvalue weighted by Crippen LogP contribution is 2.28. The summed E-state index contributed by atoms with van der Waals surface area (Å²) in [5, 5.41) is 9.71. The number of anilines is 1. The maximum atomic E-state index is 12.8. The molecule has 0 aliphatic carbocycles. The van der Waals surface area contributed by atoms with Gasteiger partial charge in [-0.05, 0) is 30.0 Å². The second-order valence-corrected chi connectivity index (χ2v) is 7.90. The van der Waals surface area contributed by atoms with Crippen LogP contribution in [0.1, 0.15) is 29.4 Å². The number of benzene rings is 1. The number of nitrogens with one attached hydrogen (secondary N) is 2. The molecule has 30 heavy (non-hydrogen) atoms. The molecule has 0 unspecified atom stereocenters. The molecule has 0 bridgehead atoms. The zero-order valence-electron chi connectivity index (χ0n) is 16.1. The average molecular weight is 440 g/mol. The van der Waals surface area contributed by atoms with Crippen LogP contribution >= 0.6 is 22.9 Å². The summed E-state index contributed by atoms with van der Waals surface area (Å²) < 4.78 is 1.43. The first kappa shape index (κ1) is 20.1. The summed E-state index contributed by atoms with van der Waals surface area (Å²) in [7, 11) is 0. The molecule has 2 N–H and O–H groups in total. The van der Waals surface area contributed by atoms with Gasteiger partial charge in [0.25, 0.3) is 11.5 Å². The lowest BCUT2D eigenvalue weighted by Crippen LogP contribution is -2.19. The smallest absolute Gasteiger partial charge is 0.258 e. The summed E-state index contributed by atoms with van der Waals surface area (Å²) in [6, 6.07) is 13.8. The second-order valence-electron chi connectivity index (χ2n) is 6.55. The topological polar surface area (TPSA) is 92.7 Å². The first-order chi connectivity index (χ1) is 14.5. The van der Waals surface area contributed by atoms with E-state index in [9.17, 15) is 9.59 Å². The number of hydrogen-bond donors (Lipinski definition) is 2. The van der Waals surface area contributed by atoms with Crippen molar-refractivity contribution in [1.82, 2.24) is 19.7 Å². The summed E-state index contributed by atoms with van der Waals surface area (Å²) >= 11 is 7.69. The number of hydrogen-bond acceptors (Lipinski definition) is 5. The molecule has 0 aliphatic heterocycles. The Kier molecular flexibility index (Phi) is 5.78. The first-order valence-electron chi connectivity index (χ1n) is 9.35. The number of carbonyl (C=O) groups is 1. The third kappa shape index (κ3) is 4.19. The van der Waals surface area contributed by atoms with E-state index in [0.29, 0.717) is 34.2 Å². The molecule has 9 heteroatoms. The van der Waals surface area contributed by atoms with Gasteiger partial charge in [-0.25, -0.2) is 4.98 Å². The molecule has 0 radical (unpaired) electrons. The van der Waals surface area contributed by atoms with Gasteiger partial charge >= 0.3 is 0 Å².